The normalized spacial score (nSPS) is 18.8. The van der Waals surface area contributed by atoms with Gasteiger partial charge in [-0.2, -0.15) is 0 Å². The summed E-state index contributed by atoms with van der Waals surface area (Å²) in [4.78, 5) is 23.0. The molecule has 1 aliphatic heterocycles. The highest BCUT2D eigenvalue weighted by molar-refractivity contribution is 9.10. The van der Waals surface area contributed by atoms with E-state index >= 15 is 0 Å². The summed E-state index contributed by atoms with van der Waals surface area (Å²) in [6, 6.07) is 4.95. The minimum absolute atomic E-state index is 0.0277. The van der Waals surface area contributed by atoms with Gasteiger partial charge >= 0.3 is 13.1 Å². The maximum absolute atomic E-state index is 11.5. The number of aromatic carboxylic acids is 1. The van der Waals surface area contributed by atoms with Gasteiger partial charge in [0.25, 0.3) is 0 Å². The molecule has 0 spiro atoms. The van der Waals surface area contributed by atoms with E-state index in [-0.39, 0.29) is 10.7 Å². The minimum atomic E-state index is -1.02. The second kappa shape index (κ2) is 7.88. The Hall–Kier alpha value is -1.09. The van der Waals surface area contributed by atoms with Gasteiger partial charge in [0.1, 0.15) is 0 Å². The number of carbonyl (C=O) groups excluding carboxylic acids is 1. The molecule has 8 heteroatoms. The number of rotatable bonds is 5. The van der Waals surface area contributed by atoms with Crippen molar-refractivity contribution in [2.75, 3.05) is 5.75 Å². The molecular formula is C18H22BBrO5S. The van der Waals surface area contributed by atoms with E-state index in [4.69, 9.17) is 9.31 Å². The fourth-order valence-corrected chi connectivity index (χ4v) is 3.37. The predicted octanol–water partition coefficient (Wildman–Crippen LogP) is 4.44. The van der Waals surface area contributed by atoms with E-state index in [9.17, 15) is 14.7 Å². The molecule has 0 saturated carbocycles. The fraction of sp³-hybridized carbons (Fsp3) is 0.444. The first-order valence-corrected chi connectivity index (χ1v) is 9.93. The van der Waals surface area contributed by atoms with Crippen LogP contribution in [0.4, 0.5) is 0 Å². The molecule has 0 aliphatic carbocycles. The average molecular weight is 441 g/mol. The smallest absolute Gasteiger partial charge is 0.478 e. The molecule has 2 rings (SSSR count). The van der Waals surface area contributed by atoms with E-state index in [1.54, 1.807) is 18.2 Å². The van der Waals surface area contributed by atoms with Gasteiger partial charge in [0, 0.05) is 17.1 Å². The molecule has 1 saturated heterocycles. The van der Waals surface area contributed by atoms with Gasteiger partial charge in [0.05, 0.1) is 16.8 Å². The van der Waals surface area contributed by atoms with Crippen molar-refractivity contribution in [3.8, 4) is 0 Å². The quantitative estimate of drug-likeness (QED) is 0.682. The molecule has 140 valence electrons. The molecule has 0 radical (unpaired) electrons. The summed E-state index contributed by atoms with van der Waals surface area (Å²) >= 11 is 4.51. The lowest BCUT2D eigenvalue weighted by atomic mass is 9.78. The number of halogens is 1. The van der Waals surface area contributed by atoms with Gasteiger partial charge in [-0.1, -0.05) is 33.8 Å². The number of thioether (sulfide) groups is 1. The van der Waals surface area contributed by atoms with E-state index in [1.807, 2.05) is 27.7 Å². The molecule has 0 atom stereocenters. The van der Waals surface area contributed by atoms with Crippen LogP contribution in [0, 0.1) is 0 Å². The molecule has 0 aromatic heterocycles. The van der Waals surface area contributed by atoms with Gasteiger partial charge in [0.2, 0.25) is 0 Å². The van der Waals surface area contributed by atoms with Gasteiger partial charge in [-0.15, -0.1) is 0 Å². The summed E-state index contributed by atoms with van der Waals surface area (Å²) in [5, 5.41) is 9.43. The van der Waals surface area contributed by atoms with Crippen molar-refractivity contribution in [2.45, 2.75) is 45.8 Å². The number of carboxylic acid groups (broad SMARTS) is 1. The van der Waals surface area contributed by atoms with Gasteiger partial charge in [-0.3, -0.25) is 4.79 Å². The van der Waals surface area contributed by atoms with Gasteiger partial charge in [-0.05, 0) is 56.9 Å². The van der Waals surface area contributed by atoms with Crippen LogP contribution in [0.2, 0.25) is 0 Å². The summed E-state index contributed by atoms with van der Waals surface area (Å²) < 4.78 is 12.9. The molecule has 5 nitrogen and oxygen atoms in total. The molecule has 0 unspecified atom stereocenters. The van der Waals surface area contributed by atoms with Crippen LogP contribution in [-0.4, -0.2) is 40.3 Å². The molecule has 0 bridgehead atoms. The number of benzene rings is 1. The Morgan fingerprint density at radius 1 is 1.23 bits per heavy atom. The largest absolute Gasteiger partial charge is 0.491 e. The van der Waals surface area contributed by atoms with Crippen LogP contribution < -0.4 is 0 Å². The molecule has 1 fully saturated rings. The third-order valence-electron chi connectivity index (χ3n) is 4.58. The standard InChI is InChI=1S/C18H22BBrO5S/c1-11(21)26-10-13(19-24-17(2,3)18(4,5)25-19)8-12-9-14(20)6-7-15(12)16(22)23/h6-9H,10H2,1-5H3,(H,22,23). The minimum Gasteiger partial charge on any atom is -0.478 e. The van der Waals surface area contributed by atoms with E-state index in [1.165, 1.54) is 13.0 Å². The number of hydrogen-bond donors (Lipinski definition) is 1. The average Bonchev–Trinajstić information content (AvgIpc) is 2.71. The first-order valence-electron chi connectivity index (χ1n) is 8.15. The summed E-state index contributed by atoms with van der Waals surface area (Å²) in [6.45, 7) is 9.29. The summed E-state index contributed by atoms with van der Waals surface area (Å²) in [7, 11) is -0.646. The van der Waals surface area contributed by atoms with Crippen molar-refractivity contribution in [2.24, 2.45) is 0 Å². The highest BCUT2D eigenvalue weighted by Gasteiger charge is 2.52. The Balaban J connectivity index is 2.46. The van der Waals surface area contributed by atoms with Crippen molar-refractivity contribution in [3.05, 3.63) is 39.3 Å². The second-order valence-corrected chi connectivity index (χ2v) is 9.19. The van der Waals surface area contributed by atoms with Gasteiger partial charge in [-0.25, -0.2) is 4.79 Å². The third-order valence-corrected chi connectivity index (χ3v) is 5.96. The zero-order valence-corrected chi connectivity index (χ0v) is 17.9. The van der Waals surface area contributed by atoms with E-state index < -0.39 is 24.3 Å². The third kappa shape index (κ3) is 4.79. The lowest BCUT2D eigenvalue weighted by Gasteiger charge is -2.32. The molecule has 1 aromatic carbocycles. The van der Waals surface area contributed by atoms with E-state index in [2.05, 4.69) is 15.9 Å². The molecular weight excluding hydrogens is 419 g/mol. The first kappa shape index (κ1) is 21.2. The van der Waals surface area contributed by atoms with Crippen LogP contribution in [0.3, 0.4) is 0 Å². The molecule has 0 amide bonds. The lowest BCUT2D eigenvalue weighted by molar-refractivity contribution is -0.109. The van der Waals surface area contributed by atoms with E-state index in [0.717, 1.165) is 16.2 Å². The van der Waals surface area contributed by atoms with Crippen molar-refractivity contribution >= 4 is 52.0 Å². The maximum Gasteiger partial charge on any atom is 0.491 e. The van der Waals surface area contributed by atoms with Crippen LogP contribution in [0.15, 0.2) is 28.1 Å². The summed E-state index contributed by atoms with van der Waals surface area (Å²) in [5.74, 6) is -0.659. The highest BCUT2D eigenvalue weighted by atomic mass is 79.9. The first-order chi connectivity index (χ1) is 11.9. The summed E-state index contributed by atoms with van der Waals surface area (Å²) in [5.41, 5.74) is 0.370. The van der Waals surface area contributed by atoms with Crippen molar-refractivity contribution < 1.29 is 24.0 Å². The lowest BCUT2D eigenvalue weighted by Crippen LogP contribution is -2.41. The van der Waals surface area contributed by atoms with Crippen molar-refractivity contribution in [1.82, 2.24) is 0 Å². The van der Waals surface area contributed by atoms with Crippen LogP contribution in [-0.2, 0) is 14.1 Å². The predicted molar refractivity (Wildman–Crippen MR) is 108 cm³/mol. The number of carboxylic acids is 1. The number of hydrogen-bond acceptors (Lipinski definition) is 5. The molecule has 1 heterocycles. The Morgan fingerprint density at radius 3 is 2.31 bits per heavy atom. The van der Waals surface area contributed by atoms with Crippen LogP contribution in [0.1, 0.15) is 50.5 Å². The van der Waals surface area contributed by atoms with Crippen molar-refractivity contribution in [1.29, 1.82) is 0 Å². The zero-order valence-electron chi connectivity index (χ0n) is 15.5. The monoisotopic (exact) mass is 440 g/mol. The topological polar surface area (TPSA) is 72.8 Å². The van der Waals surface area contributed by atoms with Crippen LogP contribution in [0.5, 0.6) is 0 Å². The maximum atomic E-state index is 11.5. The Kier molecular flexibility index (Phi) is 6.43. The molecule has 26 heavy (non-hydrogen) atoms. The Morgan fingerprint density at radius 2 is 1.81 bits per heavy atom. The van der Waals surface area contributed by atoms with Crippen molar-refractivity contribution in [3.63, 3.8) is 0 Å². The Bertz CT molecular complexity index is 744. The summed E-state index contributed by atoms with van der Waals surface area (Å²) in [6.07, 6.45) is 1.74. The van der Waals surface area contributed by atoms with Gasteiger partial charge < -0.3 is 14.4 Å². The molecule has 1 aromatic rings. The molecule has 1 aliphatic rings. The highest BCUT2D eigenvalue weighted by Crippen LogP contribution is 2.39. The number of carbonyl (C=O) groups is 2. The Labute approximate surface area is 166 Å². The zero-order chi connectivity index (χ0) is 19.7. The second-order valence-electron chi connectivity index (χ2n) is 7.12. The van der Waals surface area contributed by atoms with E-state index in [0.29, 0.717) is 16.8 Å². The van der Waals surface area contributed by atoms with Crippen LogP contribution in [0.25, 0.3) is 6.08 Å². The molecule has 1 N–H and O–H groups in total. The fourth-order valence-electron chi connectivity index (χ4n) is 2.40. The van der Waals surface area contributed by atoms with Gasteiger partial charge in [0.15, 0.2) is 5.12 Å². The SMILES string of the molecule is CC(=O)SCC(=Cc1cc(Br)ccc1C(=O)O)B1OC(C)(C)C(C)(C)O1. The van der Waals surface area contributed by atoms with Crippen LogP contribution >= 0.6 is 27.7 Å².